The largest absolute Gasteiger partial charge is 0.256 e. The second-order valence-electron chi connectivity index (χ2n) is 13.4. The van der Waals surface area contributed by atoms with Crippen molar-refractivity contribution < 1.29 is 0 Å². The minimum atomic E-state index is 0.964. The van der Waals surface area contributed by atoms with E-state index in [2.05, 4.69) is 170 Å². The van der Waals surface area contributed by atoms with Gasteiger partial charge in [0, 0.05) is 23.5 Å². The van der Waals surface area contributed by atoms with Crippen LogP contribution < -0.4 is 0 Å². The molecule has 0 N–H and O–H groups in total. The minimum absolute atomic E-state index is 0.964. The second kappa shape index (κ2) is 12.5. The van der Waals surface area contributed by atoms with Crippen molar-refractivity contribution in [3.05, 3.63) is 194 Å². The number of pyridine rings is 2. The van der Waals surface area contributed by atoms with E-state index in [1.807, 2.05) is 24.5 Å². The molecule has 0 fully saturated rings. The number of rotatable bonds is 6. The van der Waals surface area contributed by atoms with Gasteiger partial charge in [-0.25, -0.2) is 0 Å². The molecule has 8 aromatic carbocycles. The van der Waals surface area contributed by atoms with Gasteiger partial charge < -0.3 is 0 Å². The summed E-state index contributed by atoms with van der Waals surface area (Å²) in [6, 6.07) is 65.6. The molecule has 0 atom stereocenters. The van der Waals surface area contributed by atoms with Gasteiger partial charge in [0.1, 0.15) is 0 Å². The van der Waals surface area contributed by atoms with E-state index in [4.69, 9.17) is 9.97 Å². The van der Waals surface area contributed by atoms with Crippen LogP contribution in [0.5, 0.6) is 0 Å². The fourth-order valence-corrected chi connectivity index (χ4v) is 7.86. The van der Waals surface area contributed by atoms with E-state index in [1.54, 1.807) is 0 Å². The highest BCUT2D eigenvalue weighted by atomic mass is 14.7. The van der Waals surface area contributed by atoms with E-state index in [9.17, 15) is 0 Å². The molecular formula is C50H32N2. The first-order chi connectivity index (χ1) is 25.8. The fraction of sp³-hybridized carbons (Fsp3) is 0. The van der Waals surface area contributed by atoms with E-state index in [1.165, 1.54) is 76.8 Å². The Bertz CT molecular complexity index is 2550. The maximum absolute atomic E-state index is 4.74. The van der Waals surface area contributed by atoms with Crippen LogP contribution in [0.25, 0.3) is 99.3 Å². The van der Waals surface area contributed by atoms with Crippen molar-refractivity contribution in [3.63, 3.8) is 0 Å². The zero-order valence-electron chi connectivity index (χ0n) is 28.4. The molecule has 0 spiro atoms. The van der Waals surface area contributed by atoms with Crippen LogP contribution in [0.4, 0.5) is 0 Å². The maximum Gasteiger partial charge on any atom is 0.0702 e. The van der Waals surface area contributed by atoms with Crippen molar-refractivity contribution in [2.24, 2.45) is 0 Å². The van der Waals surface area contributed by atoms with Crippen LogP contribution >= 0.6 is 0 Å². The van der Waals surface area contributed by atoms with Gasteiger partial charge >= 0.3 is 0 Å². The zero-order valence-corrected chi connectivity index (χ0v) is 28.4. The predicted octanol–water partition coefficient (Wildman–Crippen LogP) is 13.4. The van der Waals surface area contributed by atoms with Gasteiger partial charge in [0.2, 0.25) is 0 Å². The summed E-state index contributed by atoms with van der Waals surface area (Å²) in [5, 5.41) is 7.54. The number of nitrogens with zero attached hydrogens (tertiary/aromatic N) is 2. The Morgan fingerprint density at radius 2 is 0.673 bits per heavy atom. The standard InChI is InChI=1S/C50H32N2/c1-3-13-33(14-4-1)37-25-39(29-41(27-37)47-21-7-9-23-51-47)45-31-35-17-12-20-44-46(32-36-18-11-19-43(45)49(36)50(35)44)40-26-38(34-15-5-2-6-16-34)28-42(30-40)48-22-8-10-24-52-48/h1-32H. The highest BCUT2D eigenvalue weighted by Gasteiger charge is 2.19. The average Bonchev–Trinajstić information content (AvgIpc) is 3.23. The van der Waals surface area contributed by atoms with Gasteiger partial charge in [0.05, 0.1) is 11.4 Å². The lowest BCUT2D eigenvalue weighted by Gasteiger charge is -2.19. The fourth-order valence-electron chi connectivity index (χ4n) is 7.86. The Labute approximate surface area is 302 Å². The van der Waals surface area contributed by atoms with Crippen molar-refractivity contribution in [2.75, 3.05) is 0 Å². The molecule has 0 aliphatic carbocycles. The predicted molar refractivity (Wildman–Crippen MR) is 218 cm³/mol. The minimum Gasteiger partial charge on any atom is -0.256 e. The van der Waals surface area contributed by atoms with Crippen molar-refractivity contribution in [1.29, 1.82) is 0 Å². The molecule has 10 aromatic rings. The quantitative estimate of drug-likeness (QED) is 0.166. The van der Waals surface area contributed by atoms with Crippen LogP contribution in [0, 0.1) is 0 Å². The lowest BCUT2D eigenvalue weighted by Crippen LogP contribution is -1.93. The third-order valence-corrected chi connectivity index (χ3v) is 10.2. The first-order valence-electron chi connectivity index (χ1n) is 17.7. The molecule has 242 valence electrons. The molecule has 2 heterocycles. The van der Waals surface area contributed by atoms with Gasteiger partial charge in [-0.15, -0.1) is 0 Å². The Balaban J connectivity index is 1.22. The van der Waals surface area contributed by atoms with Crippen molar-refractivity contribution in [2.45, 2.75) is 0 Å². The molecule has 52 heavy (non-hydrogen) atoms. The Hall–Kier alpha value is -6.90. The summed E-state index contributed by atoms with van der Waals surface area (Å²) in [6.45, 7) is 0. The van der Waals surface area contributed by atoms with Gasteiger partial charge in [-0.3, -0.25) is 9.97 Å². The van der Waals surface area contributed by atoms with Crippen LogP contribution in [0.15, 0.2) is 194 Å². The Kier molecular flexibility index (Phi) is 7.18. The number of hydrogen-bond donors (Lipinski definition) is 0. The smallest absolute Gasteiger partial charge is 0.0702 e. The lowest BCUT2D eigenvalue weighted by atomic mass is 9.84. The number of aromatic nitrogens is 2. The number of benzene rings is 8. The zero-order chi connectivity index (χ0) is 34.4. The third kappa shape index (κ3) is 5.21. The van der Waals surface area contributed by atoms with Gasteiger partial charge in [-0.1, -0.05) is 109 Å². The lowest BCUT2D eigenvalue weighted by molar-refractivity contribution is 1.33. The average molecular weight is 661 g/mol. The summed E-state index contributed by atoms with van der Waals surface area (Å²) in [7, 11) is 0. The van der Waals surface area contributed by atoms with Crippen molar-refractivity contribution in [3.8, 4) is 67.0 Å². The van der Waals surface area contributed by atoms with E-state index >= 15 is 0 Å². The first kappa shape index (κ1) is 30.0. The molecule has 0 amide bonds. The molecular weight excluding hydrogens is 629 g/mol. The molecule has 0 saturated heterocycles. The summed E-state index contributed by atoms with van der Waals surface area (Å²) in [6.07, 6.45) is 3.74. The van der Waals surface area contributed by atoms with E-state index in [-0.39, 0.29) is 0 Å². The normalized spacial score (nSPS) is 11.5. The summed E-state index contributed by atoms with van der Waals surface area (Å²) in [4.78, 5) is 9.48. The monoisotopic (exact) mass is 660 g/mol. The Morgan fingerprint density at radius 3 is 1.10 bits per heavy atom. The Morgan fingerprint density at radius 1 is 0.269 bits per heavy atom. The summed E-state index contributed by atoms with van der Waals surface area (Å²) >= 11 is 0. The topological polar surface area (TPSA) is 25.8 Å². The van der Waals surface area contributed by atoms with Crippen LogP contribution in [0.2, 0.25) is 0 Å². The highest BCUT2D eigenvalue weighted by molar-refractivity contribution is 6.29. The third-order valence-electron chi connectivity index (χ3n) is 10.2. The molecule has 0 saturated carbocycles. The second-order valence-corrected chi connectivity index (χ2v) is 13.4. The van der Waals surface area contributed by atoms with Crippen LogP contribution in [0.3, 0.4) is 0 Å². The SMILES string of the molecule is c1ccc(-c2cc(-c3ccccn3)cc(-c3cc4cccc5c(-c6cc(-c7ccccc7)cc(-c7ccccn7)c6)cc6cccc3c6c45)c2)cc1. The van der Waals surface area contributed by atoms with Crippen LogP contribution in [-0.4, -0.2) is 9.97 Å². The van der Waals surface area contributed by atoms with Crippen molar-refractivity contribution >= 4 is 32.3 Å². The summed E-state index contributed by atoms with van der Waals surface area (Å²) in [5.41, 5.74) is 13.6. The van der Waals surface area contributed by atoms with Crippen LogP contribution in [0.1, 0.15) is 0 Å². The van der Waals surface area contributed by atoms with E-state index in [0.717, 1.165) is 22.5 Å². The van der Waals surface area contributed by atoms with Gasteiger partial charge in [0.15, 0.2) is 0 Å². The number of hydrogen-bond acceptors (Lipinski definition) is 2. The van der Waals surface area contributed by atoms with Gasteiger partial charge in [0.25, 0.3) is 0 Å². The van der Waals surface area contributed by atoms with Crippen LogP contribution in [-0.2, 0) is 0 Å². The molecule has 2 nitrogen and oxygen atoms in total. The summed E-state index contributed by atoms with van der Waals surface area (Å²) in [5.74, 6) is 0. The maximum atomic E-state index is 4.74. The molecule has 2 aromatic heterocycles. The molecule has 0 radical (unpaired) electrons. The molecule has 10 rings (SSSR count). The van der Waals surface area contributed by atoms with E-state index in [0.29, 0.717) is 0 Å². The van der Waals surface area contributed by atoms with E-state index < -0.39 is 0 Å². The molecule has 0 aliphatic rings. The molecule has 2 heteroatoms. The molecule has 0 bridgehead atoms. The van der Waals surface area contributed by atoms with Crippen molar-refractivity contribution in [1.82, 2.24) is 9.97 Å². The highest BCUT2D eigenvalue weighted by Crippen LogP contribution is 2.46. The molecule has 0 unspecified atom stereocenters. The first-order valence-corrected chi connectivity index (χ1v) is 17.7. The van der Waals surface area contributed by atoms with Gasteiger partial charge in [-0.05, 0) is 150 Å². The molecule has 0 aliphatic heterocycles. The summed E-state index contributed by atoms with van der Waals surface area (Å²) < 4.78 is 0. The van der Waals surface area contributed by atoms with Gasteiger partial charge in [-0.2, -0.15) is 0 Å².